The van der Waals surface area contributed by atoms with Crippen molar-refractivity contribution in [2.24, 2.45) is 5.73 Å². The summed E-state index contributed by atoms with van der Waals surface area (Å²) in [7, 11) is 0. The van der Waals surface area contributed by atoms with Gasteiger partial charge >= 0.3 is 0 Å². The van der Waals surface area contributed by atoms with Crippen LogP contribution in [0.1, 0.15) is 10.4 Å². The number of rotatable bonds is 5. The van der Waals surface area contributed by atoms with Crippen LogP contribution in [-0.4, -0.2) is 20.7 Å². The van der Waals surface area contributed by atoms with Crippen LogP contribution >= 0.6 is 0 Å². The van der Waals surface area contributed by atoms with Crippen LogP contribution in [-0.2, 0) is 0 Å². The smallest absolute Gasteiger partial charge is 0.288 e. The maximum atomic E-state index is 11.4. The highest BCUT2D eigenvalue weighted by Gasteiger charge is 2.17. The molecule has 0 aliphatic rings. The first-order valence-corrected chi connectivity index (χ1v) is 5.84. The van der Waals surface area contributed by atoms with E-state index < -0.39 is 21.4 Å². The predicted molar refractivity (Wildman–Crippen MR) is 75.8 cm³/mol. The molecule has 2 rings (SSSR count). The molecule has 1 aromatic carbocycles. The molecule has 0 aliphatic heterocycles. The molecule has 0 saturated carbocycles. The fourth-order valence-corrected chi connectivity index (χ4v) is 1.67. The number of nitrogens with two attached hydrogens (primary N) is 1. The summed E-state index contributed by atoms with van der Waals surface area (Å²) < 4.78 is 0. The van der Waals surface area contributed by atoms with Gasteiger partial charge in [0.2, 0.25) is 0 Å². The summed E-state index contributed by atoms with van der Waals surface area (Å²) in [5, 5.41) is 24.1. The van der Waals surface area contributed by atoms with Crippen molar-refractivity contribution in [2.45, 2.75) is 0 Å². The number of hydrogen-bond acceptors (Lipinski definition) is 7. The highest BCUT2D eigenvalue weighted by atomic mass is 16.6. The van der Waals surface area contributed by atoms with Gasteiger partial charge < -0.3 is 11.1 Å². The molecule has 0 radical (unpaired) electrons. The molecule has 0 saturated heterocycles. The van der Waals surface area contributed by atoms with E-state index in [1.807, 2.05) is 0 Å². The molecule has 22 heavy (non-hydrogen) atoms. The third kappa shape index (κ3) is 3.12. The highest BCUT2D eigenvalue weighted by Crippen LogP contribution is 2.24. The van der Waals surface area contributed by atoms with Crippen LogP contribution in [0.15, 0.2) is 36.5 Å². The Hall–Kier alpha value is -3.56. The van der Waals surface area contributed by atoms with Crippen molar-refractivity contribution in [3.63, 3.8) is 0 Å². The Bertz CT molecular complexity index is 776. The molecule has 112 valence electrons. The summed E-state index contributed by atoms with van der Waals surface area (Å²) >= 11 is 0. The number of amides is 1. The molecule has 0 bridgehead atoms. The average Bonchev–Trinajstić information content (AvgIpc) is 2.47. The van der Waals surface area contributed by atoms with Crippen LogP contribution in [0, 0.1) is 20.2 Å². The van der Waals surface area contributed by atoms with Crippen LogP contribution in [0.2, 0.25) is 0 Å². The molecule has 0 fully saturated rings. The number of anilines is 2. The van der Waals surface area contributed by atoms with Crippen LogP contribution < -0.4 is 11.1 Å². The Labute approximate surface area is 122 Å². The van der Waals surface area contributed by atoms with Crippen LogP contribution in [0.5, 0.6) is 0 Å². The van der Waals surface area contributed by atoms with Gasteiger partial charge in [0.05, 0.1) is 15.4 Å². The van der Waals surface area contributed by atoms with Gasteiger partial charge in [0.25, 0.3) is 17.3 Å². The normalized spacial score (nSPS) is 10.0. The summed E-state index contributed by atoms with van der Waals surface area (Å²) in [5.41, 5.74) is 4.71. The number of non-ortho nitro benzene ring substituents is 1. The number of nitro benzene ring substituents is 1. The predicted octanol–water partition coefficient (Wildman–Crippen LogP) is 1.74. The summed E-state index contributed by atoms with van der Waals surface area (Å²) in [6.45, 7) is 0. The molecule has 0 unspecified atom stereocenters. The molecule has 0 atom stereocenters. The molecule has 10 nitrogen and oxygen atoms in total. The van der Waals surface area contributed by atoms with Gasteiger partial charge in [0.15, 0.2) is 0 Å². The van der Waals surface area contributed by atoms with Crippen molar-refractivity contribution in [1.82, 2.24) is 4.98 Å². The lowest BCUT2D eigenvalue weighted by Gasteiger charge is -2.08. The van der Waals surface area contributed by atoms with Crippen molar-refractivity contribution in [3.8, 4) is 0 Å². The molecule has 0 aliphatic carbocycles. The molecule has 1 amide bonds. The number of nitrogens with zero attached hydrogens (tertiary/aromatic N) is 3. The molecule has 0 spiro atoms. The second kappa shape index (κ2) is 5.83. The Balaban J connectivity index is 2.41. The Kier molecular flexibility index (Phi) is 3.93. The number of carbonyl (C=O) groups is 1. The van der Waals surface area contributed by atoms with Gasteiger partial charge in [0, 0.05) is 23.9 Å². The highest BCUT2D eigenvalue weighted by molar-refractivity contribution is 5.98. The fourth-order valence-electron chi connectivity index (χ4n) is 1.67. The van der Waals surface area contributed by atoms with E-state index in [9.17, 15) is 25.0 Å². The van der Waals surface area contributed by atoms with Crippen LogP contribution in [0.3, 0.4) is 0 Å². The van der Waals surface area contributed by atoms with Crippen molar-refractivity contribution in [2.75, 3.05) is 5.32 Å². The fraction of sp³-hybridized carbons (Fsp3) is 0. The van der Waals surface area contributed by atoms with Crippen molar-refractivity contribution < 1.29 is 14.6 Å². The SMILES string of the molecule is NC(=O)c1cc([N+](=O)[O-])cnc1Nc1cccc([N+](=O)[O-])c1. The zero-order chi connectivity index (χ0) is 16.3. The lowest BCUT2D eigenvalue weighted by Crippen LogP contribution is -2.14. The van der Waals surface area contributed by atoms with Gasteiger partial charge in [-0.3, -0.25) is 25.0 Å². The van der Waals surface area contributed by atoms with Crippen molar-refractivity contribution >= 4 is 28.8 Å². The van der Waals surface area contributed by atoms with Gasteiger partial charge in [-0.1, -0.05) is 6.07 Å². The third-order valence-electron chi connectivity index (χ3n) is 2.67. The quantitative estimate of drug-likeness (QED) is 0.629. The second-order valence-electron chi connectivity index (χ2n) is 4.14. The maximum absolute atomic E-state index is 11.4. The second-order valence-corrected chi connectivity index (χ2v) is 4.14. The van der Waals surface area contributed by atoms with E-state index in [0.717, 1.165) is 12.3 Å². The molecular weight excluding hydrogens is 294 g/mol. The molecule has 1 heterocycles. The molecule has 2 aromatic rings. The van der Waals surface area contributed by atoms with Gasteiger partial charge in [-0.05, 0) is 6.07 Å². The number of carbonyl (C=O) groups excluding carboxylic acids is 1. The van der Waals surface area contributed by atoms with Crippen LogP contribution in [0.25, 0.3) is 0 Å². The first kappa shape index (κ1) is 14.8. The lowest BCUT2D eigenvalue weighted by atomic mass is 10.2. The maximum Gasteiger partial charge on any atom is 0.288 e. The van der Waals surface area contributed by atoms with Gasteiger partial charge in [-0.2, -0.15) is 0 Å². The first-order valence-electron chi connectivity index (χ1n) is 5.84. The minimum absolute atomic E-state index is 0.0291. The van der Waals surface area contributed by atoms with Crippen molar-refractivity contribution in [3.05, 3.63) is 62.3 Å². The number of aromatic nitrogens is 1. The van der Waals surface area contributed by atoms with Gasteiger partial charge in [-0.25, -0.2) is 4.98 Å². The number of nitro groups is 2. The molecular formula is C12H9N5O5. The Morgan fingerprint density at radius 1 is 1.14 bits per heavy atom. The first-order chi connectivity index (χ1) is 10.4. The number of primary amides is 1. The molecule has 10 heteroatoms. The molecule has 1 aromatic heterocycles. The summed E-state index contributed by atoms with van der Waals surface area (Å²) in [4.78, 5) is 35.2. The lowest BCUT2D eigenvalue weighted by molar-refractivity contribution is -0.385. The van der Waals surface area contributed by atoms with E-state index in [2.05, 4.69) is 10.3 Å². The van der Waals surface area contributed by atoms with E-state index in [0.29, 0.717) is 0 Å². The van der Waals surface area contributed by atoms with Crippen molar-refractivity contribution in [1.29, 1.82) is 0 Å². The Morgan fingerprint density at radius 3 is 2.41 bits per heavy atom. The Morgan fingerprint density at radius 2 is 1.82 bits per heavy atom. The number of hydrogen-bond donors (Lipinski definition) is 2. The largest absolute Gasteiger partial charge is 0.365 e. The topological polar surface area (TPSA) is 154 Å². The number of benzene rings is 1. The summed E-state index contributed by atoms with van der Waals surface area (Å²) in [5.74, 6) is -0.942. The minimum Gasteiger partial charge on any atom is -0.365 e. The minimum atomic E-state index is -0.913. The average molecular weight is 303 g/mol. The number of pyridine rings is 1. The monoisotopic (exact) mass is 303 g/mol. The van der Waals surface area contributed by atoms with E-state index in [-0.39, 0.29) is 22.8 Å². The standard InChI is InChI=1S/C12H9N5O5/c13-11(18)10-5-9(17(21)22)6-14-12(10)15-7-2-1-3-8(4-7)16(19)20/h1-6H,(H2,13,18)(H,14,15). The number of nitrogens with one attached hydrogen (secondary N) is 1. The summed E-state index contributed by atoms with van der Waals surface area (Å²) in [6, 6.07) is 6.46. The van der Waals surface area contributed by atoms with E-state index in [4.69, 9.17) is 5.73 Å². The van der Waals surface area contributed by atoms with E-state index in [1.165, 1.54) is 24.3 Å². The summed E-state index contributed by atoms with van der Waals surface area (Å²) in [6.07, 6.45) is 0.951. The third-order valence-corrected chi connectivity index (χ3v) is 2.67. The molecule has 3 N–H and O–H groups in total. The van der Waals surface area contributed by atoms with Crippen LogP contribution in [0.4, 0.5) is 22.9 Å². The zero-order valence-electron chi connectivity index (χ0n) is 10.9. The van der Waals surface area contributed by atoms with E-state index in [1.54, 1.807) is 0 Å². The van der Waals surface area contributed by atoms with Gasteiger partial charge in [0.1, 0.15) is 12.0 Å². The van der Waals surface area contributed by atoms with Gasteiger partial charge in [-0.15, -0.1) is 0 Å². The zero-order valence-corrected chi connectivity index (χ0v) is 10.9. The van der Waals surface area contributed by atoms with E-state index >= 15 is 0 Å².